The van der Waals surface area contributed by atoms with Crippen LogP contribution in [0.15, 0.2) is 0 Å². The topological polar surface area (TPSA) is 38.5 Å². The molecule has 1 saturated heterocycles. The molecule has 2 N–H and O–H groups in total. The fourth-order valence-electron chi connectivity index (χ4n) is 1.53. The van der Waals surface area contributed by atoms with Crippen LogP contribution in [0.2, 0.25) is 0 Å². The quantitative estimate of drug-likeness (QED) is 0.617. The fraction of sp³-hybridized carbons (Fsp3) is 1.00. The van der Waals surface area contributed by atoms with E-state index in [1.54, 1.807) is 0 Å². The van der Waals surface area contributed by atoms with Crippen LogP contribution in [0, 0.1) is 0 Å². The zero-order chi connectivity index (χ0) is 8.27. The summed E-state index contributed by atoms with van der Waals surface area (Å²) in [7, 11) is 0. The molecule has 11 heavy (non-hydrogen) atoms. The van der Waals surface area contributed by atoms with Gasteiger partial charge in [-0.25, -0.2) is 0 Å². The van der Waals surface area contributed by atoms with E-state index in [-0.39, 0.29) is 0 Å². The van der Waals surface area contributed by atoms with Gasteiger partial charge in [0.05, 0.1) is 13.2 Å². The summed E-state index contributed by atoms with van der Waals surface area (Å²) in [5.41, 5.74) is 5.58. The number of nitrogens with two attached hydrogens (primary N) is 1. The largest absolute Gasteiger partial charge is 0.379 e. The van der Waals surface area contributed by atoms with Crippen molar-refractivity contribution < 1.29 is 4.74 Å². The van der Waals surface area contributed by atoms with Crippen LogP contribution in [0.25, 0.3) is 0 Å². The van der Waals surface area contributed by atoms with E-state index in [1.165, 1.54) is 0 Å². The molecule has 1 rings (SSSR count). The Labute approximate surface area is 68.5 Å². The maximum absolute atomic E-state index is 5.58. The van der Waals surface area contributed by atoms with E-state index in [0.29, 0.717) is 12.1 Å². The third-order valence-electron chi connectivity index (χ3n) is 2.33. The molecule has 1 aliphatic rings. The minimum absolute atomic E-state index is 0.494. The van der Waals surface area contributed by atoms with Gasteiger partial charge in [-0.15, -0.1) is 0 Å². The average Bonchev–Trinajstić information content (AvgIpc) is 2.04. The van der Waals surface area contributed by atoms with Crippen molar-refractivity contribution in [1.29, 1.82) is 0 Å². The Morgan fingerprint density at radius 1 is 1.73 bits per heavy atom. The molecule has 0 aromatic rings. The van der Waals surface area contributed by atoms with Crippen LogP contribution in [0.1, 0.15) is 13.8 Å². The second-order valence-electron chi connectivity index (χ2n) is 3.25. The highest BCUT2D eigenvalue weighted by molar-refractivity contribution is 4.76. The van der Waals surface area contributed by atoms with E-state index in [1.807, 2.05) is 0 Å². The van der Waals surface area contributed by atoms with Gasteiger partial charge in [0, 0.05) is 25.2 Å². The normalized spacial score (nSPS) is 30.3. The van der Waals surface area contributed by atoms with Gasteiger partial charge >= 0.3 is 0 Å². The van der Waals surface area contributed by atoms with E-state index in [9.17, 15) is 0 Å². The van der Waals surface area contributed by atoms with Gasteiger partial charge in [0.15, 0.2) is 0 Å². The van der Waals surface area contributed by atoms with Crippen molar-refractivity contribution in [3.63, 3.8) is 0 Å². The van der Waals surface area contributed by atoms with Crippen LogP contribution in [0.5, 0.6) is 0 Å². The molecule has 0 spiro atoms. The predicted octanol–water partition coefficient (Wildman–Crippen LogP) is 0.0543. The third kappa shape index (κ3) is 2.15. The molecule has 3 nitrogen and oxygen atoms in total. The maximum atomic E-state index is 5.58. The van der Waals surface area contributed by atoms with E-state index in [4.69, 9.17) is 10.5 Å². The second-order valence-corrected chi connectivity index (χ2v) is 3.25. The molecule has 0 radical (unpaired) electrons. The first kappa shape index (κ1) is 8.97. The molecule has 0 bridgehead atoms. The fourth-order valence-corrected chi connectivity index (χ4v) is 1.53. The molecular weight excluding hydrogens is 140 g/mol. The Morgan fingerprint density at radius 2 is 2.45 bits per heavy atom. The van der Waals surface area contributed by atoms with Crippen molar-refractivity contribution in [2.45, 2.75) is 25.9 Å². The summed E-state index contributed by atoms with van der Waals surface area (Å²) in [6, 6.07) is 1.02. The standard InChI is InChI=1S/C8H18N2O/c1-7(5-9)10-3-4-11-6-8(10)2/h7-8H,3-6,9H2,1-2H3/t7-,8+/m0/s1. The summed E-state index contributed by atoms with van der Waals surface area (Å²) in [4.78, 5) is 2.41. The van der Waals surface area contributed by atoms with Crippen LogP contribution in [-0.2, 0) is 4.74 Å². The monoisotopic (exact) mass is 158 g/mol. The smallest absolute Gasteiger partial charge is 0.0619 e. The molecule has 66 valence electrons. The van der Waals surface area contributed by atoms with Crippen molar-refractivity contribution in [2.24, 2.45) is 5.73 Å². The summed E-state index contributed by atoms with van der Waals surface area (Å²) in [6.07, 6.45) is 0. The Morgan fingerprint density at radius 3 is 3.00 bits per heavy atom. The number of nitrogens with zero attached hydrogens (tertiary/aromatic N) is 1. The summed E-state index contributed by atoms with van der Waals surface area (Å²) in [6.45, 7) is 7.83. The highest BCUT2D eigenvalue weighted by Gasteiger charge is 2.22. The lowest BCUT2D eigenvalue weighted by atomic mass is 10.2. The molecule has 0 aromatic heterocycles. The van der Waals surface area contributed by atoms with E-state index in [2.05, 4.69) is 18.7 Å². The second kappa shape index (κ2) is 4.04. The number of hydrogen-bond acceptors (Lipinski definition) is 3. The lowest BCUT2D eigenvalue weighted by Gasteiger charge is -2.37. The number of hydrogen-bond donors (Lipinski definition) is 1. The minimum atomic E-state index is 0.494. The Kier molecular flexibility index (Phi) is 3.30. The summed E-state index contributed by atoms with van der Waals surface area (Å²) in [5.74, 6) is 0. The highest BCUT2D eigenvalue weighted by Crippen LogP contribution is 2.09. The lowest BCUT2D eigenvalue weighted by molar-refractivity contribution is -0.0166. The number of rotatable bonds is 2. The van der Waals surface area contributed by atoms with Gasteiger partial charge in [-0.1, -0.05) is 0 Å². The van der Waals surface area contributed by atoms with Crippen molar-refractivity contribution in [3.8, 4) is 0 Å². The van der Waals surface area contributed by atoms with Gasteiger partial charge < -0.3 is 10.5 Å². The van der Waals surface area contributed by atoms with E-state index < -0.39 is 0 Å². The molecule has 0 unspecified atom stereocenters. The molecule has 0 aliphatic carbocycles. The summed E-state index contributed by atoms with van der Waals surface area (Å²) >= 11 is 0. The average molecular weight is 158 g/mol. The molecule has 3 heteroatoms. The van der Waals surface area contributed by atoms with Gasteiger partial charge in [-0.05, 0) is 13.8 Å². The molecule has 1 aliphatic heterocycles. The summed E-state index contributed by atoms with van der Waals surface area (Å²) in [5, 5.41) is 0. The van der Waals surface area contributed by atoms with Gasteiger partial charge in [-0.2, -0.15) is 0 Å². The highest BCUT2D eigenvalue weighted by atomic mass is 16.5. The number of morpholine rings is 1. The molecule has 1 heterocycles. The van der Waals surface area contributed by atoms with Gasteiger partial charge in [0.2, 0.25) is 0 Å². The molecule has 1 fully saturated rings. The predicted molar refractivity (Wildman–Crippen MR) is 45.5 cm³/mol. The van der Waals surface area contributed by atoms with Crippen LogP contribution in [0.3, 0.4) is 0 Å². The first-order valence-corrected chi connectivity index (χ1v) is 4.29. The minimum Gasteiger partial charge on any atom is -0.379 e. The molecule has 2 atom stereocenters. The van der Waals surface area contributed by atoms with Crippen LogP contribution >= 0.6 is 0 Å². The van der Waals surface area contributed by atoms with Crippen molar-refractivity contribution in [3.05, 3.63) is 0 Å². The molecule has 0 amide bonds. The van der Waals surface area contributed by atoms with Crippen molar-refractivity contribution in [1.82, 2.24) is 4.90 Å². The Hall–Kier alpha value is -0.120. The summed E-state index contributed by atoms with van der Waals surface area (Å²) < 4.78 is 5.32. The molecular formula is C8H18N2O. The Balaban J connectivity index is 2.40. The molecule has 0 saturated carbocycles. The Bertz CT molecular complexity index is 115. The van der Waals surface area contributed by atoms with Crippen LogP contribution in [-0.4, -0.2) is 43.3 Å². The van der Waals surface area contributed by atoms with E-state index >= 15 is 0 Å². The third-order valence-corrected chi connectivity index (χ3v) is 2.33. The lowest BCUT2D eigenvalue weighted by Crippen LogP contribution is -2.50. The maximum Gasteiger partial charge on any atom is 0.0619 e. The zero-order valence-corrected chi connectivity index (χ0v) is 7.42. The van der Waals surface area contributed by atoms with Crippen molar-refractivity contribution >= 4 is 0 Å². The SMILES string of the molecule is C[C@@H]1COCCN1[C@@H](C)CN. The molecule has 0 aromatic carbocycles. The van der Waals surface area contributed by atoms with Crippen LogP contribution < -0.4 is 5.73 Å². The van der Waals surface area contributed by atoms with Gasteiger partial charge in [0.25, 0.3) is 0 Å². The van der Waals surface area contributed by atoms with Crippen molar-refractivity contribution in [2.75, 3.05) is 26.3 Å². The first-order valence-electron chi connectivity index (χ1n) is 4.29. The zero-order valence-electron chi connectivity index (χ0n) is 7.42. The van der Waals surface area contributed by atoms with Crippen LogP contribution in [0.4, 0.5) is 0 Å². The van der Waals surface area contributed by atoms with Gasteiger partial charge in [0.1, 0.15) is 0 Å². The first-order chi connectivity index (χ1) is 5.25. The van der Waals surface area contributed by atoms with Gasteiger partial charge in [-0.3, -0.25) is 4.90 Å². The number of ether oxygens (including phenoxy) is 1. The van der Waals surface area contributed by atoms with E-state index in [0.717, 1.165) is 26.3 Å².